The molecule has 2 rings (SSSR count). The number of rotatable bonds is 5. The Labute approximate surface area is 144 Å². The van der Waals surface area contributed by atoms with E-state index in [1.807, 2.05) is 0 Å². The first kappa shape index (κ1) is 18.0. The molecule has 0 saturated heterocycles. The van der Waals surface area contributed by atoms with Crippen LogP contribution in [0.15, 0.2) is 48.5 Å². The van der Waals surface area contributed by atoms with Crippen molar-refractivity contribution in [2.75, 3.05) is 24.4 Å². The van der Waals surface area contributed by atoms with E-state index < -0.39 is 18.0 Å². The van der Waals surface area contributed by atoms with E-state index in [0.717, 1.165) is 0 Å². The maximum absolute atomic E-state index is 12.3. The molecule has 0 unspecified atom stereocenters. The molecule has 2 aromatic carbocycles. The number of anilines is 2. The van der Waals surface area contributed by atoms with Gasteiger partial charge in [0.05, 0.1) is 36.2 Å². The van der Waals surface area contributed by atoms with E-state index >= 15 is 0 Å². The summed E-state index contributed by atoms with van der Waals surface area (Å²) in [4.78, 5) is 35.9. The van der Waals surface area contributed by atoms with Crippen molar-refractivity contribution in [2.45, 2.75) is 6.92 Å². The molecule has 2 amide bonds. The van der Waals surface area contributed by atoms with Gasteiger partial charge in [-0.1, -0.05) is 24.3 Å². The van der Waals surface area contributed by atoms with Gasteiger partial charge < -0.3 is 20.1 Å². The summed E-state index contributed by atoms with van der Waals surface area (Å²) >= 11 is 0. The summed E-state index contributed by atoms with van der Waals surface area (Å²) in [5, 5.41) is 5.15. The van der Waals surface area contributed by atoms with Gasteiger partial charge in [0.1, 0.15) is 0 Å². The number of esters is 2. The molecule has 0 bridgehead atoms. The van der Waals surface area contributed by atoms with Gasteiger partial charge in [-0.25, -0.2) is 14.4 Å². The Kier molecular flexibility index (Phi) is 6.11. The van der Waals surface area contributed by atoms with Crippen LogP contribution in [0, 0.1) is 0 Å². The molecule has 0 aromatic heterocycles. The topological polar surface area (TPSA) is 93.7 Å². The predicted molar refractivity (Wildman–Crippen MR) is 92.8 cm³/mol. The molecule has 7 heteroatoms. The lowest BCUT2D eigenvalue weighted by molar-refractivity contribution is 0.0526. The van der Waals surface area contributed by atoms with Gasteiger partial charge in [-0.05, 0) is 31.2 Å². The Hall–Kier alpha value is -3.35. The van der Waals surface area contributed by atoms with E-state index in [9.17, 15) is 14.4 Å². The summed E-state index contributed by atoms with van der Waals surface area (Å²) in [6, 6.07) is 12.3. The van der Waals surface area contributed by atoms with E-state index in [1.165, 1.54) is 13.2 Å². The second kappa shape index (κ2) is 8.49. The summed E-state index contributed by atoms with van der Waals surface area (Å²) in [5.74, 6) is -1.10. The average Bonchev–Trinajstić information content (AvgIpc) is 2.62. The highest BCUT2D eigenvalue weighted by Gasteiger charge is 2.16. The van der Waals surface area contributed by atoms with Crippen LogP contribution in [-0.4, -0.2) is 31.7 Å². The van der Waals surface area contributed by atoms with Gasteiger partial charge in [-0.15, -0.1) is 0 Å². The first-order valence-electron chi connectivity index (χ1n) is 7.58. The van der Waals surface area contributed by atoms with Crippen LogP contribution in [0.1, 0.15) is 27.6 Å². The minimum absolute atomic E-state index is 0.221. The molecule has 0 heterocycles. The van der Waals surface area contributed by atoms with Crippen LogP contribution in [-0.2, 0) is 9.47 Å². The van der Waals surface area contributed by atoms with Crippen molar-refractivity contribution in [3.8, 4) is 0 Å². The van der Waals surface area contributed by atoms with Gasteiger partial charge in [-0.2, -0.15) is 0 Å². The fourth-order valence-corrected chi connectivity index (χ4v) is 2.13. The molecule has 0 fully saturated rings. The lowest BCUT2D eigenvalue weighted by Gasteiger charge is -2.13. The zero-order valence-electron chi connectivity index (χ0n) is 13.9. The second-order valence-electron chi connectivity index (χ2n) is 4.88. The Balaban J connectivity index is 2.17. The van der Waals surface area contributed by atoms with E-state index in [0.29, 0.717) is 11.4 Å². The third-order valence-electron chi connectivity index (χ3n) is 3.25. The van der Waals surface area contributed by atoms with Crippen LogP contribution in [0.2, 0.25) is 0 Å². The van der Waals surface area contributed by atoms with Gasteiger partial charge >= 0.3 is 18.0 Å². The summed E-state index contributed by atoms with van der Waals surface area (Å²) in [6.07, 6.45) is 0. The number of urea groups is 1. The summed E-state index contributed by atoms with van der Waals surface area (Å²) in [5.41, 5.74) is 1.05. The number of hydrogen-bond donors (Lipinski definition) is 2. The van der Waals surface area contributed by atoms with Gasteiger partial charge in [0.2, 0.25) is 0 Å². The van der Waals surface area contributed by atoms with Crippen LogP contribution < -0.4 is 10.6 Å². The predicted octanol–water partition coefficient (Wildman–Crippen LogP) is 3.29. The SMILES string of the molecule is CCOC(=O)c1ccccc1NC(=O)Nc1ccccc1C(=O)OC. The average molecular weight is 342 g/mol. The molecular weight excluding hydrogens is 324 g/mol. The molecule has 130 valence electrons. The number of para-hydroxylation sites is 2. The maximum atomic E-state index is 12.3. The van der Waals surface area contributed by atoms with Crippen molar-refractivity contribution < 1.29 is 23.9 Å². The van der Waals surface area contributed by atoms with Gasteiger partial charge in [0.25, 0.3) is 0 Å². The van der Waals surface area contributed by atoms with Gasteiger partial charge in [0.15, 0.2) is 0 Å². The van der Waals surface area contributed by atoms with Gasteiger partial charge in [-0.3, -0.25) is 0 Å². The first-order chi connectivity index (χ1) is 12.1. The van der Waals surface area contributed by atoms with Crippen molar-refractivity contribution in [3.63, 3.8) is 0 Å². The molecule has 2 N–H and O–H groups in total. The standard InChI is InChI=1S/C18H18N2O5/c1-3-25-17(22)13-9-5-7-11-15(13)20-18(23)19-14-10-6-4-8-12(14)16(21)24-2/h4-11H,3H2,1-2H3,(H2,19,20,23). The van der Waals surface area contributed by atoms with E-state index in [-0.39, 0.29) is 17.7 Å². The molecule has 7 nitrogen and oxygen atoms in total. The molecule has 2 aromatic rings. The number of hydrogen-bond acceptors (Lipinski definition) is 5. The van der Waals surface area contributed by atoms with E-state index in [1.54, 1.807) is 49.4 Å². The summed E-state index contributed by atoms with van der Waals surface area (Å²) in [7, 11) is 1.26. The smallest absolute Gasteiger partial charge is 0.340 e. The number of nitrogens with one attached hydrogen (secondary N) is 2. The lowest BCUT2D eigenvalue weighted by Crippen LogP contribution is -2.22. The maximum Gasteiger partial charge on any atom is 0.340 e. The minimum atomic E-state index is -0.604. The third kappa shape index (κ3) is 4.57. The zero-order valence-corrected chi connectivity index (χ0v) is 13.9. The largest absolute Gasteiger partial charge is 0.465 e. The highest BCUT2D eigenvalue weighted by Crippen LogP contribution is 2.19. The zero-order chi connectivity index (χ0) is 18.2. The third-order valence-corrected chi connectivity index (χ3v) is 3.25. The van der Waals surface area contributed by atoms with Crippen molar-refractivity contribution >= 4 is 29.3 Å². The monoisotopic (exact) mass is 342 g/mol. The Morgan fingerprint density at radius 3 is 1.80 bits per heavy atom. The van der Waals surface area contributed by atoms with Gasteiger partial charge in [0, 0.05) is 0 Å². The summed E-state index contributed by atoms with van der Waals surface area (Å²) < 4.78 is 9.64. The van der Waals surface area contributed by atoms with Crippen LogP contribution in [0.4, 0.5) is 16.2 Å². The summed E-state index contributed by atoms with van der Waals surface area (Å²) in [6.45, 7) is 1.93. The number of methoxy groups -OCH3 is 1. The van der Waals surface area contributed by atoms with Crippen LogP contribution in [0.3, 0.4) is 0 Å². The number of carbonyl (C=O) groups is 3. The molecule has 0 aliphatic carbocycles. The molecule has 0 saturated carbocycles. The first-order valence-corrected chi connectivity index (χ1v) is 7.58. The Bertz CT molecular complexity index is 789. The minimum Gasteiger partial charge on any atom is -0.465 e. The van der Waals surface area contributed by atoms with Crippen molar-refractivity contribution in [3.05, 3.63) is 59.7 Å². The van der Waals surface area contributed by atoms with Crippen LogP contribution in [0.5, 0.6) is 0 Å². The highest BCUT2D eigenvalue weighted by atomic mass is 16.5. The number of ether oxygens (including phenoxy) is 2. The molecule has 0 atom stereocenters. The molecule has 0 radical (unpaired) electrons. The number of amides is 2. The van der Waals surface area contributed by atoms with Crippen LogP contribution in [0.25, 0.3) is 0 Å². The normalized spacial score (nSPS) is 9.84. The van der Waals surface area contributed by atoms with Crippen LogP contribution >= 0.6 is 0 Å². The highest BCUT2D eigenvalue weighted by molar-refractivity contribution is 6.07. The molecular formula is C18H18N2O5. The molecule has 0 aliphatic heterocycles. The Morgan fingerprint density at radius 2 is 1.32 bits per heavy atom. The second-order valence-corrected chi connectivity index (χ2v) is 4.88. The fraction of sp³-hybridized carbons (Fsp3) is 0.167. The molecule has 0 aliphatic rings. The van der Waals surface area contributed by atoms with E-state index in [4.69, 9.17) is 4.74 Å². The van der Waals surface area contributed by atoms with Crippen molar-refractivity contribution in [1.82, 2.24) is 0 Å². The fourth-order valence-electron chi connectivity index (χ4n) is 2.13. The Morgan fingerprint density at radius 1 is 0.840 bits per heavy atom. The quantitative estimate of drug-likeness (QED) is 0.813. The molecule has 0 spiro atoms. The van der Waals surface area contributed by atoms with Crippen molar-refractivity contribution in [2.24, 2.45) is 0 Å². The van der Waals surface area contributed by atoms with Crippen molar-refractivity contribution in [1.29, 1.82) is 0 Å². The number of carbonyl (C=O) groups excluding carboxylic acids is 3. The molecule has 25 heavy (non-hydrogen) atoms. The number of benzene rings is 2. The van der Waals surface area contributed by atoms with E-state index in [2.05, 4.69) is 15.4 Å². The lowest BCUT2D eigenvalue weighted by atomic mass is 10.1.